The van der Waals surface area contributed by atoms with Crippen LogP contribution in [0.5, 0.6) is 0 Å². The van der Waals surface area contributed by atoms with Crippen LogP contribution in [0.25, 0.3) is 0 Å². The molecule has 0 aromatic heterocycles. The molecule has 3 rings (SSSR count). The molecular formula is C17H31N3O. The molecule has 1 N–H and O–H groups in total. The molecule has 3 aliphatic rings. The molecular weight excluding hydrogens is 262 g/mol. The van der Waals surface area contributed by atoms with E-state index in [0.29, 0.717) is 11.8 Å². The number of rotatable bonds is 5. The molecule has 4 nitrogen and oxygen atoms in total. The molecule has 0 spiro atoms. The summed E-state index contributed by atoms with van der Waals surface area (Å²) in [5, 5.41) is 3.69. The first-order chi connectivity index (χ1) is 10.1. The van der Waals surface area contributed by atoms with Crippen molar-refractivity contribution in [3.05, 3.63) is 0 Å². The van der Waals surface area contributed by atoms with E-state index in [-0.39, 0.29) is 11.7 Å². The molecule has 4 heteroatoms. The van der Waals surface area contributed by atoms with Crippen molar-refractivity contribution < 1.29 is 4.79 Å². The van der Waals surface area contributed by atoms with Gasteiger partial charge in [-0.15, -0.1) is 0 Å². The predicted molar refractivity (Wildman–Crippen MR) is 85.0 cm³/mol. The molecule has 21 heavy (non-hydrogen) atoms. The SMILES string of the molecule is CCC1(C)NC(C2CCCC2)N(CCN2CCCC2)C1=O. The van der Waals surface area contributed by atoms with Gasteiger partial charge < -0.3 is 9.80 Å². The van der Waals surface area contributed by atoms with Crippen molar-refractivity contribution in [1.82, 2.24) is 15.1 Å². The lowest BCUT2D eigenvalue weighted by Crippen LogP contribution is -2.46. The van der Waals surface area contributed by atoms with Gasteiger partial charge in [0, 0.05) is 13.1 Å². The minimum atomic E-state index is -0.335. The second-order valence-electron chi connectivity index (χ2n) is 7.37. The molecule has 1 saturated carbocycles. The molecule has 0 aromatic rings. The van der Waals surface area contributed by atoms with Crippen LogP contribution in [0.4, 0.5) is 0 Å². The first-order valence-electron chi connectivity index (χ1n) is 8.95. The number of hydrogen-bond acceptors (Lipinski definition) is 3. The Labute approximate surface area is 129 Å². The van der Waals surface area contributed by atoms with Crippen molar-refractivity contribution in [3.63, 3.8) is 0 Å². The van der Waals surface area contributed by atoms with Gasteiger partial charge in [-0.1, -0.05) is 19.8 Å². The smallest absolute Gasteiger partial charge is 0.243 e. The Bertz CT molecular complexity index is 374. The van der Waals surface area contributed by atoms with Crippen LogP contribution >= 0.6 is 0 Å². The van der Waals surface area contributed by atoms with E-state index in [0.717, 1.165) is 19.5 Å². The molecule has 3 fully saturated rings. The molecule has 2 saturated heterocycles. The summed E-state index contributed by atoms with van der Waals surface area (Å²) in [7, 11) is 0. The molecule has 0 bridgehead atoms. The zero-order valence-corrected chi connectivity index (χ0v) is 13.7. The second-order valence-corrected chi connectivity index (χ2v) is 7.37. The summed E-state index contributed by atoms with van der Waals surface area (Å²) >= 11 is 0. The fourth-order valence-corrected chi connectivity index (χ4v) is 4.30. The summed E-state index contributed by atoms with van der Waals surface area (Å²) in [6.45, 7) is 8.61. The quantitative estimate of drug-likeness (QED) is 0.844. The number of likely N-dealkylation sites (tertiary alicyclic amines) is 1. The summed E-state index contributed by atoms with van der Waals surface area (Å²) in [5.74, 6) is 1.00. The molecule has 2 heterocycles. The molecule has 1 aliphatic carbocycles. The largest absolute Gasteiger partial charge is 0.324 e. The van der Waals surface area contributed by atoms with Crippen LogP contribution in [0.2, 0.25) is 0 Å². The zero-order valence-electron chi connectivity index (χ0n) is 13.7. The maximum atomic E-state index is 12.9. The molecule has 0 aromatic carbocycles. The normalized spacial score (nSPS) is 35.2. The third-order valence-electron chi connectivity index (χ3n) is 5.94. The van der Waals surface area contributed by atoms with Crippen LogP contribution in [0.15, 0.2) is 0 Å². The number of amides is 1. The minimum absolute atomic E-state index is 0.285. The summed E-state index contributed by atoms with van der Waals surface area (Å²) in [6.07, 6.45) is 9.05. The monoisotopic (exact) mass is 293 g/mol. The van der Waals surface area contributed by atoms with Crippen molar-refractivity contribution in [2.45, 2.75) is 70.5 Å². The van der Waals surface area contributed by atoms with E-state index >= 15 is 0 Å². The summed E-state index contributed by atoms with van der Waals surface area (Å²) in [5.41, 5.74) is -0.335. The molecule has 2 aliphatic heterocycles. The van der Waals surface area contributed by atoms with Crippen molar-refractivity contribution in [2.75, 3.05) is 26.2 Å². The highest BCUT2D eigenvalue weighted by molar-refractivity contribution is 5.88. The van der Waals surface area contributed by atoms with Crippen molar-refractivity contribution in [2.24, 2.45) is 5.92 Å². The lowest BCUT2D eigenvalue weighted by Gasteiger charge is -2.30. The highest BCUT2D eigenvalue weighted by atomic mass is 16.2. The Kier molecular flexibility index (Phi) is 4.55. The van der Waals surface area contributed by atoms with E-state index in [2.05, 4.69) is 29.0 Å². The van der Waals surface area contributed by atoms with E-state index < -0.39 is 0 Å². The van der Waals surface area contributed by atoms with Crippen LogP contribution in [-0.2, 0) is 4.79 Å². The fraction of sp³-hybridized carbons (Fsp3) is 0.941. The number of nitrogens with zero attached hydrogens (tertiary/aromatic N) is 2. The zero-order chi connectivity index (χ0) is 14.9. The fourth-order valence-electron chi connectivity index (χ4n) is 4.30. The van der Waals surface area contributed by atoms with Gasteiger partial charge in [-0.3, -0.25) is 10.1 Å². The number of carbonyl (C=O) groups excluding carboxylic acids is 1. The first-order valence-corrected chi connectivity index (χ1v) is 8.95. The van der Waals surface area contributed by atoms with E-state index in [4.69, 9.17) is 0 Å². The molecule has 0 radical (unpaired) electrons. The van der Waals surface area contributed by atoms with Crippen molar-refractivity contribution in [3.8, 4) is 0 Å². The van der Waals surface area contributed by atoms with Gasteiger partial charge in [-0.2, -0.15) is 0 Å². The second kappa shape index (κ2) is 6.25. The van der Waals surface area contributed by atoms with Crippen LogP contribution in [0, 0.1) is 5.92 Å². The van der Waals surface area contributed by atoms with Gasteiger partial charge in [0.1, 0.15) is 0 Å². The van der Waals surface area contributed by atoms with Crippen LogP contribution < -0.4 is 5.32 Å². The number of carbonyl (C=O) groups is 1. The Balaban J connectivity index is 1.67. The van der Waals surface area contributed by atoms with Crippen molar-refractivity contribution in [1.29, 1.82) is 0 Å². The first kappa shape index (κ1) is 15.3. The summed E-state index contributed by atoms with van der Waals surface area (Å²) in [4.78, 5) is 17.6. The predicted octanol–water partition coefficient (Wildman–Crippen LogP) is 2.20. The van der Waals surface area contributed by atoms with Crippen LogP contribution in [-0.4, -0.2) is 53.6 Å². The standard InChI is InChI=1S/C17H31N3O/c1-3-17(2)16(21)20(13-12-19-10-6-7-11-19)15(18-17)14-8-4-5-9-14/h14-15,18H,3-13H2,1-2H3. The summed E-state index contributed by atoms with van der Waals surface area (Å²) < 4.78 is 0. The van der Waals surface area contributed by atoms with Crippen LogP contribution in [0.3, 0.4) is 0 Å². The Morgan fingerprint density at radius 3 is 2.43 bits per heavy atom. The van der Waals surface area contributed by atoms with Gasteiger partial charge in [0.15, 0.2) is 0 Å². The maximum absolute atomic E-state index is 12.9. The topological polar surface area (TPSA) is 35.6 Å². The molecule has 2 atom stereocenters. The third-order valence-corrected chi connectivity index (χ3v) is 5.94. The van der Waals surface area contributed by atoms with Gasteiger partial charge in [-0.05, 0) is 58.0 Å². The van der Waals surface area contributed by atoms with Gasteiger partial charge >= 0.3 is 0 Å². The van der Waals surface area contributed by atoms with Crippen LogP contribution in [0.1, 0.15) is 58.8 Å². The van der Waals surface area contributed by atoms with E-state index in [1.807, 2.05) is 0 Å². The van der Waals surface area contributed by atoms with E-state index in [9.17, 15) is 4.79 Å². The van der Waals surface area contributed by atoms with E-state index in [1.165, 1.54) is 51.6 Å². The summed E-state index contributed by atoms with van der Waals surface area (Å²) in [6, 6.07) is 0. The molecule has 2 unspecified atom stereocenters. The Morgan fingerprint density at radius 2 is 1.81 bits per heavy atom. The number of nitrogens with one attached hydrogen (secondary N) is 1. The van der Waals surface area contributed by atoms with Crippen molar-refractivity contribution >= 4 is 5.91 Å². The van der Waals surface area contributed by atoms with Gasteiger partial charge in [0.05, 0.1) is 11.7 Å². The van der Waals surface area contributed by atoms with Gasteiger partial charge in [0.25, 0.3) is 0 Å². The lowest BCUT2D eigenvalue weighted by atomic mass is 9.99. The lowest BCUT2D eigenvalue weighted by molar-refractivity contribution is -0.133. The highest BCUT2D eigenvalue weighted by Crippen LogP contribution is 2.35. The van der Waals surface area contributed by atoms with E-state index in [1.54, 1.807) is 0 Å². The highest BCUT2D eigenvalue weighted by Gasteiger charge is 2.49. The number of hydrogen-bond donors (Lipinski definition) is 1. The van der Waals surface area contributed by atoms with Gasteiger partial charge in [-0.25, -0.2) is 0 Å². The molecule has 1 amide bonds. The van der Waals surface area contributed by atoms with Gasteiger partial charge in [0.2, 0.25) is 5.91 Å². The Morgan fingerprint density at radius 1 is 1.14 bits per heavy atom. The maximum Gasteiger partial charge on any atom is 0.243 e. The average molecular weight is 293 g/mol. The minimum Gasteiger partial charge on any atom is -0.324 e. The third kappa shape index (κ3) is 2.98. The Hall–Kier alpha value is -0.610. The molecule has 120 valence electrons. The average Bonchev–Trinajstić information content (AvgIpc) is 3.21.